The number of para-hydroxylation sites is 1. The number of nitrogens with zero attached hydrogens (tertiary/aromatic N) is 3. The number of carbonyl (C=O) groups is 1. The summed E-state index contributed by atoms with van der Waals surface area (Å²) in [5, 5.41) is 7.53. The molecule has 0 aliphatic carbocycles. The van der Waals surface area contributed by atoms with E-state index in [0.717, 1.165) is 0 Å². The number of ether oxygens (including phenoxy) is 1. The standard InChI is InChI=1S/C19H19ClN4O2/c1-13(2)18(24-12-21-11-22-24)19(25)23-14-7-9-15(10-8-14)26-17-6-4-3-5-16(17)20/h3-13,18H,1-2H3,(H,23,25)/t18-/m1/s1. The molecule has 0 bridgehead atoms. The van der Waals surface area contributed by atoms with E-state index in [2.05, 4.69) is 15.4 Å². The van der Waals surface area contributed by atoms with E-state index >= 15 is 0 Å². The summed E-state index contributed by atoms with van der Waals surface area (Å²) in [6.07, 6.45) is 2.97. The zero-order valence-corrected chi connectivity index (χ0v) is 15.2. The number of hydrogen-bond acceptors (Lipinski definition) is 4. The van der Waals surface area contributed by atoms with Gasteiger partial charge in [0.15, 0.2) is 0 Å². The lowest BCUT2D eigenvalue weighted by atomic mass is 10.0. The third-order valence-electron chi connectivity index (χ3n) is 3.81. The molecule has 3 aromatic rings. The number of amides is 1. The summed E-state index contributed by atoms with van der Waals surface area (Å²) in [4.78, 5) is 16.5. The van der Waals surface area contributed by atoms with E-state index in [4.69, 9.17) is 16.3 Å². The van der Waals surface area contributed by atoms with Crippen molar-refractivity contribution in [2.24, 2.45) is 5.92 Å². The monoisotopic (exact) mass is 370 g/mol. The van der Waals surface area contributed by atoms with Gasteiger partial charge in [-0.15, -0.1) is 0 Å². The molecule has 7 heteroatoms. The summed E-state index contributed by atoms with van der Waals surface area (Å²) in [7, 11) is 0. The molecule has 0 saturated carbocycles. The largest absolute Gasteiger partial charge is 0.456 e. The van der Waals surface area contributed by atoms with E-state index in [1.165, 1.54) is 6.33 Å². The summed E-state index contributed by atoms with van der Waals surface area (Å²) in [5.41, 5.74) is 0.673. The predicted octanol–water partition coefficient (Wildman–Crippen LogP) is 4.56. The molecule has 0 aliphatic heterocycles. The van der Waals surface area contributed by atoms with Crippen molar-refractivity contribution in [3.8, 4) is 11.5 Å². The van der Waals surface area contributed by atoms with Gasteiger partial charge in [0.2, 0.25) is 5.91 Å². The normalized spacial score (nSPS) is 12.0. The molecule has 1 heterocycles. The first-order valence-corrected chi connectivity index (χ1v) is 8.60. The maximum atomic E-state index is 12.6. The van der Waals surface area contributed by atoms with E-state index in [-0.39, 0.29) is 11.8 Å². The van der Waals surface area contributed by atoms with Gasteiger partial charge >= 0.3 is 0 Å². The number of carbonyl (C=O) groups excluding carboxylic acids is 1. The molecule has 1 amide bonds. The fourth-order valence-electron chi connectivity index (χ4n) is 2.57. The molecule has 134 valence electrons. The number of benzene rings is 2. The Hall–Kier alpha value is -2.86. The molecule has 26 heavy (non-hydrogen) atoms. The van der Waals surface area contributed by atoms with Gasteiger partial charge in [0, 0.05) is 5.69 Å². The van der Waals surface area contributed by atoms with Gasteiger partial charge in [0.1, 0.15) is 30.2 Å². The van der Waals surface area contributed by atoms with E-state index in [1.807, 2.05) is 26.0 Å². The van der Waals surface area contributed by atoms with Crippen LogP contribution in [0.2, 0.25) is 5.02 Å². The molecule has 0 unspecified atom stereocenters. The first-order valence-electron chi connectivity index (χ1n) is 8.22. The van der Waals surface area contributed by atoms with Crippen LogP contribution >= 0.6 is 11.6 Å². The van der Waals surface area contributed by atoms with Crippen molar-refractivity contribution in [1.82, 2.24) is 14.8 Å². The smallest absolute Gasteiger partial charge is 0.249 e. The Morgan fingerprint density at radius 2 is 1.88 bits per heavy atom. The quantitative estimate of drug-likeness (QED) is 0.690. The SMILES string of the molecule is CC(C)[C@H](C(=O)Nc1ccc(Oc2ccccc2Cl)cc1)n1cncn1. The second kappa shape index (κ2) is 8.01. The Morgan fingerprint density at radius 3 is 2.50 bits per heavy atom. The van der Waals surface area contributed by atoms with Crippen LogP contribution in [0.4, 0.5) is 5.69 Å². The summed E-state index contributed by atoms with van der Waals surface area (Å²) >= 11 is 6.09. The Labute approximate surface area is 156 Å². The topological polar surface area (TPSA) is 69.0 Å². The zero-order valence-electron chi connectivity index (χ0n) is 14.5. The van der Waals surface area contributed by atoms with Crippen molar-refractivity contribution in [1.29, 1.82) is 0 Å². The van der Waals surface area contributed by atoms with Gasteiger partial charge in [-0.05, 0) is 42.3 Å². The molecule has 1 atom stereocenters. The average molecular weight is 371 g/mol. The minimum atomic E-state index is -0.434. The second-order valence-corrected chi connectivity index (χ2v) is 6.52. The molecule has 1 N–H and O–H groups in total. The van der Waals surface area contributed by atoms with E-state index in [9.17, 15) is 4.79 Å². The van der Waals surface area contributed by atoms with E-state index in [0.29, 0.717) is 22.2 Å². The lowest BCUT2D eigenvalue weighted by Crippen LogP contribution is -2.30. The maximum absolute atomic E-state index is 12.6. The highest BCUT2D eigenvalue weighted by molar-refractivity contribution is 6.32. The van der Waals surface area contributed by atoms with Crippen molar-refractivity contribution in [3.63, 3.8) is 0 Å². The number of anilines is 1. The molecule has 1 aromatic heterocycles. The molecule has 6 nitrogen and oxygen atoms in total. The molecular weight excluding hydrogens is 352 g/mol. The Kier molecular flexibility index (Phi) is 5.53. The van der Waals surface area contributed by atoms with E-state index in [1.54, 1.807) is 47.4 Å². The number of aromatic nitrogens is 3. The Morgan fingerprint density at radius 1 is 1.15 bits per heavy atom. The van der Waals surface area contributed by atoms with Crippen LogP contribution in [0.3, 0.4) is 0 Å². The fourth-order valence-corrected chi connectivity index (χ4v) is 2.74. The Balaban J connectivity index is 1.69. The van der Waals surface area contributed by atoms with Gasteiger partial charge in [-0.1, -0.05) is 37.6 Å². The summed E-state index contributed by atoms with van der Waals surface area (Å²) < 4.78 is 7.31. The number of nitrogens with one attached hydrogen (secondary N) is 1. The highest BCUT2D eigenvalue weighted by atomic mass is 35.5. The van der Waals surface area contributed by atoms with Gasteiger partial charge < -0.3 is 10.1 Å². The number of halogens is 1. The van der Waals surface area contributed by atoms with Gasteiger partial charge in [-0.3, -0.25) is 4.79 Å². The third-order valence-corrected chi connectivity index (χ3v) is 4.12. The minimum Gasteiger partial charge on any atom is -0.456 e. The van der Waals surface area contributed by atoms with Crippen LogP contribution in [0.1, 0.15) is 19.9 Å². The first-order chi connectivity index (χ1) is 12.5. The zero-order chi connectivity index (χ0) is 18.5. The van der Waals surface area contributed by atoms with Crippen LogP contribution in [0.15, 0.2) is 61.2 Å². The van der Waals surface area contributed by atoms with Crippen LogP contribution in [0.5, 0.6) is 11.5 Å². The number of rotatable bonds is 6. The lowest BCUT2D eigenvalue weighted by molar-refractivity contribution is -0.120. The molecule has 0 spiro atoms. The van der Waals surface area contributed by atoms with Crippen LogP contribution < -0.4 is 10.1 Å². The third kappa shape index (κ3) is 4.21. The van der Waals surface area contributed by atoms with Crippen molar-refractivity contribution >= 4 is 23.2 Å². The highest BCUT2D eigenvalue weighted by Crippen LogP contribution is 2.29. The van der Waals surface area contributed by atoms with Crippen molar-refractivity contribution in [3.05, 3.63) is 66.2 Å². The van der Waals surface area contributed by atoms with Gasteiger partial charge in [0.05, 0.1) is 5.02 Å². The average Bonchev–Trinajstić information content (AvgIpc) is 3.12. The van der Waals surface area contributed by atoms with Gasteiger partial charge in [0.25, 0.3) is 0 Å². The summed E-state index contributed by atoms with van der Waals surface area (Å²) in [6, 6.07) is 13.9. The first kappa shape index (κ1) is 17.9. The van der Waals surface area contributed by atoms with Crippen molar-refractivity contribution in [2.45, 2.75) is 19.9 Å². The second-order valence-electron chi connectivity index (χ2n) is 6.11. The summed E-state index contributed by atoms with van der Waals surface area (Å²) in [6.45, 7) is 3.93. The van der Waals surface area contributed by atoms with Crippen molar-refractivity contribution in [2.75, 3.05) is 5.32 Å². The van der Waals surface area contributed by atoms with Crippen LogP contribution in [0.25, 0.3) is 0 Å². The predicted molar refractivity (Wildman–Crippen MR) is 100 cm³/mol. The molecular formula is C19H19ClN4O2. The van der Waals surface area contributed by atoms with Gasteiger partial charge in [-0.25, -0.2) is 9.67 Å². The molecule has 0 fully saturated rings. The van der Waals surface area contributed by atoms with E-state index < -0.39 is 6.04 Å². The molecule has 0 saturated heterocycles. The van der Waals surface area contributed by atoms with Crippen LogP contribution in [-0.4, -0.2) is 20.7 Å². The lowest BCUT2D eigenvalue weighted by Gasteiger charge is -2.20. The molecule has 3 rings (SSSR count). The number of hydrogen-bond donors (Lipinski definition) is 1. The molecule has 0 aliphatic rings. The highest BCUT2D eigenvalue weighted by Gasteiger charge is 2.24. The minimum absolute atomic E-state index is 0.0690. The summed E-state index contributed by atoms with van der Waals surface area (Å²) in [5.74, 6) is 1.13. The van der Waals surface area contributed by atoms with Crippen LogP contribution in [-0.2, 0) is 4.79 Å². The van der Waals surface area contributed by atoms with Crippen molar-refractivity contribution < 1.29 is 9.53 Å². The van der Waals surface area contributed by atoms with Gasteiger partial charge in [-0.2, -0.15) is 5.10 Å². The van der Waals surface area contributed by atoms with Crippen LogP contribution in [0, 0.1) is 5.92 Å². The molecule has 0 radical (unpaired) electrons. The fraction of sp³-hybridized carbons (Fsp3) is 0.211. The Bertz CT molecular complexity index is 864. The molecule has 2 aromatic carbocycles. The maximum Gasteiger partial charge on any atom is 0.249 e.